The summed E-state index contributed by atoms with van der Waals surface area (Å²) in [6, 6.07) is 1.84. The second kappa shape index (κ2) is 3.86. The third kappa shape index (κ3) is 1.76. The number of ether oxygens (including phenoxy) is 1. The van der Waals surface area contributed by atoms with Gasteiger partial charge in [-0.1, -0.05) is 11.6 Å². The third-order valence-electron chi connectivity index (χ3n) is 3.36. The summed E-state index contributed by atoms with van der Waals surface area (Å²) >= 11 is 5.95. The molecule has 0 N–H and O–H groups in total. The smallest absolute Gasteiger partial charge is 0.134 e. The highest BCUT2D eigenvalue weighted by Gasteiger charge is 2.37. The minimum atomic E-state index is 0.524. The molecular weight excluding hydrogens is 226 g/mol. The molecule has 2 aliphatic heterocycles. The van der Waals surface area contributed by atoms with Gasteiger partial charge in [-0.2, -0.15) is 0 Å². The van der Waals surface area contributed by atoms with Crippen molar-refractivity contribution in [3.63, 3.8) is 0 Å². The topological polar surface area (TPSA) is 38.2 Å². The largest absolute Gasteiger partial charge is 0.381 e. The van der Waals surface area contributed by atoms with Crippen LogP contribution in [-0.2, 0) is 4.74 Å². The van der Waals surface area contributed by atoms with E-state index in [0.717, 1.165) is 37.9 Å². The molecule has 3 heterocycles. The van der Waals surface area contributed by atoms with Gasteiger partial charge in [0.05, 0.1) is 13.2 Å². The predicted octanol–water partition coefficient (Wildman–Crippen LogP) is 1.52. The Hall–Kier alpha value is -0.870. The minimum absolute atomic E-state index is 0.524. The minimum Gasteiger partial charge on any atom is -0.381 e. The fourth-order valence-electron chi connectivity index (χ4n) is 2.55. The van der Waals surface area contributed by atoms with Crippen molar-refractivity contribution in [3.8, 4) is 0 Å². The van der Waals surface area contributed by atoms with Crippen molar-refractivity contribution >= 4 is 17.4 Å². The summed E-state index contributed by atoms with van der Waals surface area (Å²) in [5.41, 5.74) is 0. The van der Waals surface area contributed by atoms with Gasteiger partial charge in [-0.05, 0) is 6.92 Å². The molecule has 0 bridgehead atoms. The first-order chi connectivity index (χ1) is 7.72. The summed E-state index contributed by atoms with van der Waals surface area (Å²) in [7, 11) is 0. The number of hydrogen-bond donors (Lipinski definition) is 0. The highest BCUT2D eigenvalue weighted by Crippen LogP contribution is 2.32. The number of fused-ring (bicyclic) bond motifs is 1. The monoisotopic (exact) mass is 239 g/mol. The Balaban J connectivity index is 1.83. The third-order valence-corrected chi connectivity index (χ3v) is 3.55. The maximum atomic E-state index is 5.95. The lowest BCUT2D eigenvalue weighted by molar-refractivity contribution is 0.177. The van der Waals surface area contributed by atoms with E-state index in [1.165, 1.54) is 0 Å². The van der Waals surface area contributed by atoms with Crippen LogP contribution in [0.4, 0.5) is 5.82 Å². The number of aromatic nitrogens is 2. The first-order valence-corrected chi connectivity index (χ1v) is 5.94. The van der Waals surface area contributed by atoms with Gasteiger partial charge in [0.2, 0.25) is 0 Å². The summed E-state index contributed by atoms with van der Waals surface area (Å²) in [5, 5.41) is 0.524. The molecule has 86 valence electrons. The fraction of sp³-hybridized carbons (Fsp3) is 0.636. The van der Waals surface area contributed by atoms with E-state index in [2.05, 4.69) is 14.9 Å². The molecule has 2 fully saturated rings. The summed E-state index contributed by atoms with van der Waals surface area (Å²) in [5.74, 6) is 3.01. The van der Waals surface area contributed by atoms with E-state index >= 15 is 0 Å². The van der Waals surface area contributed by atoms with Crippen LogP contribution in [0.1, 0.15) is 5.82 Å². The number of aryl methyl sites for hydroxylation is 1. The Morgan fingerprint density at radius 1 is 1.31 bits per heavy atom. The lowest BCUT2D eigenvalue weighted by Gasteiger charge is -2.18. The van der Waals surface area contributed by atoms with Crippen LogP contribution in [0, 0.1) is 18.8 Å². The van der Waals surface area contributed by atoms with Gasteiger partial charge in [-0.15, -0.1) is 0 Å². The molecular formula is C11H14ClN3O. The molecule has 2 saturated heterocycles. The molecule has 3 rings (SSSR count). The molecule has 0 saturated carbocycles. The van der Waals surface area contributed by atoms with Crippen LogP contribution >= 0.6 is 11.6 Å². The second-order valence-corrected chi connectivity index (χ2v) is 4.95. The average Bonchev–Trinajstić information content (AvgIpc) is 2.74. The second-order valence-electron chi connectivity index (χ2n) is 4.56. The molecule has 0 radical (unpaired) electrons. The molecule has 1 aromatic heterocycles. The first kappa shape index (κ1) is 10.3. The van der Waals surface area contributed by atoms with Crippen molar-refractivity contribution < 1.29 is 4.74 Å². The van der Waals surface area contributed by atoms with Gasteiger partial charge in [0, 0.05) is 31.0 Å². The molecule has 2 aliphatic rings. The quantitative estimate of drug-likeness (QED) is 0.697. The van der Waals surface area contributed by atoms with Crippen LogP contribution in [0.25, 0.3) is 0 Å². The van der Waals surface area contributed by atoms with Gasteiger partial charge in [0.1, 0.15) is 16.8 Å². The Labute approximate surface area is 99.6 Å². The van der Waals surface area contributed by atoms with Gasteiger partial charge in [-0.3, -0.25) is 0 Å². The van der Waals surface area contributed by atoms with Crippen molar-refractivity contribution in [2.75, 3.05) is 31.2 Å². The number of halogens is 1. The number of hydrogen-bond acceptors (Lipinski definition) is 4. The Morgan fingerprint density at radius 3 is 2.62 bits per heavy atom. The molecule has 0 amide bonds. The van der Waals surface area contributed by atoms with Crippen LogP contribution in [0.15, 0.2) is 6.07 Å². The number of rotatable bonds is 1. The highest BCUT2D eigenvalue weighted by atomic mass is 35.5. The molecule has 0 spiro atoms. The molecule has 5 heteroatoms. The van der Waals surface area contributed by atoms with E-state index in [0.29, 0.717) is 17.0 Å². The van der Waals surface area contributed by atoms with Crippen molar-refractivity contribution in [1.82, 2.24) is 9.97 Å². The average molecular weight is 240 g/mol. The standard InChI is InChI=1S/C11H14ClN3O/c1-7-13-10(12)2-11(14-7)15-3-8-5-16-6-9(8)4-15/h2,8-9H,3-6H2,1H3/t8-,9-/m1/s1. The van der Waals surface area contributed by atoms with Gasteiger partial charge < -0.3 is 9.64 Å². The zero-order chi connectivity index (χ0) is 11.1. The number of nitrogens with zero attached hydrogens (tertiary/aromatic N) is 3. The predicted molar refractivity (Wildman–Crippen MR) is 61.8 cm³/mol. The summed E-state index contributed by atoms with van der Waals surface area (Å²) in [4.78, 5) is 10.8. The van der Waals surface area contributed by atoms with Gasteiger partial charge in [0.25, 0.3) is 0 Å². The summed E-state index contributed by atoms with van der Waals surface area (Å²) in [6.07, 6.45) is 0. The SMILES string of the molecule is Cc1nc(Cl)cc(N2C[C@@H]3COC[C@H]3C2)n1. The normalized spacial score (nSPS) is 28.5. The van der Waals surface area contributed by atoms with Crippen LogP contribution in [-0.4, -0.2) is 36.3 Å². The van der Waals surface area contributed by atoms with Crippen LogP contribution in [0.2, 0.25) is 5.15 Å². The maximum Gasteiger partial charge on any atom is 0.134 e. The molecule has 0 aliphatic carbocycles. The van der Waals surface area contributed by atoms with Crippen LogP contribution < -0.4 is 4.90 Å². The fourth-order valence-corrected chi connectivity index (χ4v) is 2.77. The van der Waals surface area contributed by atoms with E-state index < -0.39 is 0 Å². The van der Waals surface area contributed by atoms with Crippen molar-refractivity contribution in [2.24, 2.45) is 11.8 Å². The van der Waals surface area contributed by atoms with Gasteiger partial charge >= 0.3 is 0 Å². The number of anilines is 1. The molecule has 0 aromatic carbocycles. The Kier molecular flexibility index (Phi) is 2.48. The van der Waals surface area contributed by atoms with Crippen molar-refractivity contribution in [3.05, 3.63) is 17.0 Å². The molecule has 4 nitrogen and oxygen atoms in total. The lowest BCUT2D eigenvalue weighted by atomic mass is 10.0. The summed E-state index contributed by atoms with van der Waals surface area (Å²) in [6.45, 7) is 5.70. The zero-order valence-corrected chi connectivity index (χ0v) is 9.94. The Morgan fingerprint density at radius 2 is 2.00 bits per heavy atom. The van der Waals surface area contributed by atoms with Crippen LogP contribution in [0.5, 0.6) is 0 Å². The van der Waals surface area contributed by atoms with Gasteiger partial charge in [-0.25, -0.2) is 9.97 Å². The first-order valence-electron chi connectivity index (χ1n) is 5.56. The van der Waals surface area contributed by atoms with E-state index in [1.54, 1.807) is 0 Å². The molecule has 0 unspecified atom stereocenters. The Bertz CT molecular complexity index is 380. The molecule has 2 atom stereocenters. The van der Waals surface area contributed by atoms with Crippen LogP contribution in [0.3, 0.4) is 0 Å². The zero-order valence-electron chi connectivity index (χ0n) is 9.19. The van der Waals surface area contributed by atoms with Crippen molar-refractivity contribution in [2.45, 2.75) is 6.92 Å². The molecule has 16 heavy (non-hydrogen) atoms. The van der Waals surface area contributed by atoms with E-state index in [4.69, 9.17) is 16.3 Å². The molecule has 1 aromatic rings. The lowest BCUT2D eigenvalue weighted by Crippen LogP contribution is -2.23. The highest BCUT2D eigenvalue weighted by molar-refractivity contribution is 6.29. The van der Waals surface area contributed by atoms with Gasteiger partial charge in [0.15, 0.2) is 0 Å². The van der Waals surface area contributed by atoms with E-state index in [-0.39, 0.29) is 0 Å². The van der Waals surface area contributed by atoms with Crippen molar-refractivity contribution in [1.29, 1.82) is 0 Å². The summed E-state index contributed by atoms with van der Waals surface area (Å²) < 4.78 is 5.46. The maximum absolute atomic E-state index is 5.95. The van der Waals surface area contributed by atoms with E-state index in [9.17, 15) is 0 Å². The van der Waals surface area contributed by atoms with E-state index in [1.807, 2.05) is 13.0 Å².